The van der Waals surface area contributed by atoms with Crippen LogP contribution in [0.5, 0.6) is 11.5 Å². The van der Waals surface area contributed by atoms with Gasteiger partial charge in [-0.15, -0.1) is 0 Å². The first-order valence-electron chi connectivity index (χ1n) is 8.45. The van der Waals surface area contributed by atoms with Crippen molar-refractivity contribution in [2.45, 2.75) is 19.1 Å². The average molecular weight is 385 g/mol. The van der Waals surface area contributed by atoms with Gasteiger partial charge in [-0.05, 0) is 31.2 Å². The maximum Gasteiger partial charge on any atom is 0.283 e. The van der Waals surface area contributed by atoms with E-state index in [9.17, 15) is 20.0 Å². The molecule has 1 N–H and O–H groups in total. The Morgan fingerprint density at radius 2 is 2.00 bits per heavy atom. The van der Waals surface area contributed by atoms with Crippen LogP contribution < -0.4 is 9.47 Å². The van der Waals surface area contributed by atoms with E-state index in [2.05, 4.69) is 5.10 Å². The minimum Gasteiger partial charge on any atom is -0.497 e. The lowest BCUT2D eigenvalue weighted by molar-refractivity contribution is -0.384. The highest BCUT2D eigenvalue weighted by Crippen LogP contribution is 2.36. The maximum atomic E-state index is 12.7. The van der Waals surface area contributed by atoms with Crippen molar-refractivity contribution >= 4 is 17.3 Å². The number of nitro groups is 1. The summed E-state index contributed by atoms with van der Waals surface area (Å²) < 4.78 is 10.6. The van der Waals surface area contributed by atoms with Crippen molar-refractivity contribution in [3.05, 3.63) is 64.2 Å². The Balaban J connectivity index is 1.75. The highest BCUT2D eigenvalue weighted by molar-refractivity contribution is 5.89. The van der Waals surface area contributed by atoms with Crippen molar-refractivity contribution in [3.63, 3.8) is 0 Å². The van der Waals surface area contributed by atoms with Crippen LogP contribution in [-0.4, -0.2) is 40.4 Å². The van der Waals surface area contributed by atoms with Crippen LogP contribution in [0.25, 0.3) is 0 Å². The van der Waals surface area contributed by atoms with Crippen molar-refractivity contribution in [3.8, 4) is 11.5 Å². The molecule has 0 spiro atoms. The van der Waals surface area contributed by atoms with E-state index in [1.54, 1.807) is 31.2 Å². The molecule has 1 aliphatic rings. The Morgan fingerprint density at radius 3 is 2.64 bits per heavy atom. The van der Waals surface area contributed by atoms with Gasteiger partial charge in [0.1, 0.15) is 11.5 Å². The lowest BCUT2D eigenvalue weighted by Gasteiger charge is -2.31. The van der Waals surface area contributed by atoms with Crippen LogP contribution in [0.4, 0.5) is 5.69 Å². The lowest BCUT2D eigenvalue weighted by Crippen LogP contribution is -2.45. The fourth-order valence-electron chi connectivity index (χ4n) is 2.95. The van der Waals surface area contributed by atoms with Gasteiger partial charge in [0.25, 0.3) is 11.6 Å². The molecule has 1 aliphatic heterocycles. The first-order valence-corrected chi connectivity index (χ1v) is 8.45. The van der Waals surface area contributed by atoms with E-state index in [0.717, 1.165) is 5.01 Å². The molecule has 0 aliphatic carbocycles. The van der Waals surface area contributed by atoms with Crippen LogP contribution in [0.3, 0.4) is 0 Å². The van der Waals surface area contributed by atoms with Crippen LogP contribution >= 0.6 is 0 Å². The van der Waals surface area contributed by atoms with Crippen LogP contribution in [0.15, 0.2) is 53.6 Å². The number of amides is 1. The second-order valence-electron chi connectivity index (χ2n) is 6.31. The molecule has 2 aromatic rings. The van der Waals surface area contributed by atoms with Gasteiger partial charge in [0.2, 0.25) is 0 Å². The largest absolute Gasteiger partial charge is 0.497 e. The Hall–Kier alpha value is -3.46. The van der Waals surface area contributed by atoms with Gasteiger partial charge in [-0.1, -0.05) is 12.1 Å². The summed E-state index contributed by atoms with van der Waals surface area (Å²) in [6, 6.07) is 12.2. The number of ether oxygens (including phenoxy) is 2. The Morgan fingerprint density at radius 1 is 1.29 bits per heavy atom. The van der Waals surface area contributed by atoms with Gasteiger partial charge in [-0.3, -0.25) is 14.9 Å². The molecule has 2 aromatic carbocycles. The fourth-order valence-corrected chi connectivity index (χ4v) is 2.95. The zero-order chi connectivity index (χ0) is 20.3. The predicted octanol–water partition coefficient (Wildman–Crippen LogP) is 2.44. The number of carbonyl (C=O) groups is 1. The van der Waals surface area contributed by atoms with E-state index in [1.807, 2.05) is 0 Å². The third kappa shape index (κ3) is 3.79. The van der Waals surface area contributed by atoms with Gasteiger partial charge < -0.3 is 14.6 Å². The molecule has 146 valence electrons. The van der Waals surface area contributed by atoms with E-state index >= 15 is 0 Å². The molecule has 0 bridgehead atoms. The number of carbonyl (C=O) groups excluding carboxylic acids is 1. The van der Waals surface area contributed by atoms with Crippen molar-refractivity contribution < 1.29 is 24.3 Å². The molecule has 9 nitrogen and oxygen atoms in total. The number of hydrazone groups is 1. The summed E-state index contributed by atoms with van der Waals surface area (Å²) in [5.74, 6) is 0.286. The van der Waals surface area contributed by atoms with Crippen LogP contribution in [0, 0.1) is 10.1 Å². The molecule has 0 saturated heterocycles. The number of hydrogen-bond acceptors (Lipinski definition) is 7. The summed E-state index contributed by atoms with van der Waals surface area (Å²) in [5, 5.41) is 27.0. The maximum absolute atomic E-state index is 12.7. The summed E-state index contributed by atoms with van der Waals surface area (Å²) in [4.78, 5) is 22.8. The summed E-state index contributed by atoms with van der Waals surface area (Å²) >= 11 is 0. The second-order valence-corrected chi connectivity index (χ2v) is 6.31. The zero-order valence-electron chi connectivity index (χ0n) is 15.4. The highest BCUT2D eigenvalue weighted by Gasteiger charge is 2.45. The monoisotopic (exact) mass is 385 g/mol. The second kappa shape index (κ2) is 7.65. The van der Waals surface area contributed by atoms with Gasteiger partial charge in [0.15, 0.2) is 12.3 Å². The van der Waals surface area contributed by atoms with Crippen LogP contribution in [0.1, 0.15) is 18.9 Å². The molecule has 1 amide bonds. The Bertz CT molecular complexity index is 928. The molecule has 0 aromatic heterocycles. The summed E-state index contributed by atoms with van der Waals surface area (Å²) in [6.07, 6.45) is 0.156. The van der Waals surface area contributed by atoms with Crippen LogP contribution in [-0.2, 0) is 10.5 Å². The van der Waals surface area contributed by atoms with Crippen LogP contribution in [0.2, 0.25) is 0 Å². The lowest BCUT2D eigenvalue weighted by atomic mass is 9.97. The first-order chi connectivity index (χ1) is 13.3. The van der Waals surface area contributed by atoms with Gasteiger partial charge in [0, 0.05) is 29.8 Å². The first kappa shape index (κ1) is 19.3. The Kier molecular flexibility index (Phi) is 5.27. The molecule has 28 heavy (non-hydrogen) atoms. The molecule has 0 radical (unpaired) electrons. The molecule has 1 atom stereocenters. The topological polar surface area (TPSA) is 114 Å². The highest BCUT2D eigenvalue weighted by atomic mass is 16.6. The van der Waals surface area contributed by atoms with Crippen molar-refractivity contribution in [2.24, 2.45) is 5.10 Å². The van der Waals surface area contributed by atoms with Crippen molar-refractivity contribution in [1.29, 1.82) is 0 Å². The number of non-ortho nitro benzene ring substituents is 1. The van der Waals surface area contributed by atoms with E-state index in [0.29, 0.717) is 22.8 Å². The molecule has 1 heterocycles. The molecular weight excluding hydrogens is 366 g/mol. The van der Waals surface area contributed by atoms with E-state index < -0.39 is 16.6 Å². The minimum atomic E-state index is -1.64. The summed E-state index contributed by atoms with van der Waals surface area (Å²) in [5.41, 5.74) is -0.662. The van der Waals surface area contributed by atoms with Gasteiger partial charge in [0.05, 0.1) is 12.0 Å². The number of benzene rings is 2. The molecule has 3 rings (SSSR count). The Labute approximate surface area is 160 Å². The predicted molar refractivity (Wildman–Crippen MR) is 100 cm³/mol. The smallest absolute Gasteiger partial charge is 0.283 e. The van der Waals surface area contributed by atoms with E-state index in [4.69, 9.17) is 9.47 Å². The zero-order valence-corrected chi connectivity index (χ0v) is 15.4. The number of nitrogens with zero attached hydrogens (tertiary/aromatic N) is 3. The number of nitro benzene ring substituents is 1. The minimum absolute atomic E-state index is 0.0779. The fraction of sp³-hybridized carbons (Fsp3) is 0.263. The third-order valence-electron chi connectivity index (χ3n) is 4.30. The number of rotatable bonds is 6. The molecule has 0 fully saturated rings. The third-order valence-corrected chi connectivity index (χ3v) is 4.30. The average Bonchev–Trinajstić information content (AvgIpc) is 3.02. The number of hydrogen-bond donors (Lipinski definition) is 1. The SMILES string of the molecule is COc1cccc([C@@]2(O)CC(C)=NN2C(=O)COc2ccc([N+](=O)[O-])cc2)c1. The van der Waals surface area contributed by atoms with Crippen molar-refractivity contribution in [2.75, 3.05) is 13.7 Å². The quantitative estimate of drug-likeness (QED) is 0.603. The van der Waals surface area contributed by atoms with Gasteiger partial charge in [-0.25, -0.2) is 0 Å². The standard InChI is InChI=1S/C19H19N3O6/c1-13-11-19(24,14-4-3-5-17(10-14)27-2)21(20-13)18(23)12-28-16-8-6-15(7-9-16)22(25)26/h3-10,24H,11-12H2,1-2H3/t19-/m0/s1. The molecule has 0 saturated carbocycles. The van der Waals surface area contributed by atoms with Crippen molar-refractivity contribution in [1.82, 2.24) is 5.01 Å². The van der Waals surface area contributed by atoms with Gasteiger partial charge in [-0.2, -0.15) is 10.1 Å². The van der Waals surface area contributed by atoms with E-state index in [1.165, 1.54) is 31.4 Å². The molecule has 0 unspecified atom stereocenters. The molecule has 9 heteroatoms. The number of methoxy groups -OCH3 is 1. The normalized spacial score (nSPS) is 18.5. The van der Waals surface area contributed by atoms with E-state index in [-0.39, 0.29) is 18.7 Å². The summed E-state index contributed by atoms with van der Waals surface area (Å²) in [7, 11) is 1.51. The molecular formula is C19H19N3O6. The van der Waals surface area contributed by atoms with Gasteiger partial charge >= 0.3 is 0 Å². The summed E-state index contributed by atoms with van der Waals surface area (Å²) in [6.45, 7) is 1.33. The number of aliphatic hydroxyl groups is 1.